The van der Waals surface area contributed by atoms with Crippen molar-refractivity contribution in [2.45, 2.75) is 13.8 Å². The molecule has 1 N–H and O–H groups in total. The van der Waals surface area contributed by atoms with Gasteiger partial charge in [0.05, 0.1) is 25.5 Å². The van der Waals surface area contributed by atoms with E-state index in [1.165, 1.54) is 14.2 Å². The van der Waals surface area contributed by atoms with Gasteiger partial charge in [0.1, 0.15) is 17.3 Å². The minimum atomic E-state index is -1.02. The molecule has 0 saturated carbocycles. The zero-order valence-electron chi connectivity index (χ0n) is 19.0. The number of hydrogen-bond donors (Lipinski definition) is 1. The van der Waals surface area contributed by atoms with Gasteiger partial charge in [-0.2, -0.15) is 0 Å². The van der Waals surface area contributed by atoms with Crippen LogP contribution in [0.5, 0.6) is 11.5 Å². The molecule has 0 unspecified atom stereocenters. The first-order chi connectivity index (χ1) is 16.2. The Morgan fingerprint density at radius 3 is 2.21 bits per heavy atom. The minimum absolute atomic E-state index is 0.0344. The van der Waals surface area contributed by atoms with E-state index in [4.69, 9.17) is 9.47 Å². The third-order valence-corrected chi connectivity index (χ3v) is 5.54. The van der Waals surface area contributed by atoms with Gasteiger partial charge in [0, 0.05) is 17.8 Å². The van der Waals surface area contributed by atoms with Gasteiger partial charge in [-0.15, -0.1) is 0 Å². The summed E-state index contributed by atoms with van der Waals surface area (Å²) in [7, 11) is 2.98. The summed E-state index contributed by atoms with van der Waals surface area (Å²) >= 11 is 0. The second-order valence-electron chi connectivity index (χ2n) is 7.80. The molecule has 0 fully saturated rings. The maximum absolute atomic E-state index is 14.6. The van der Waals surface area contributed by atoms with Gasteiger partial charge in [-0.25, -0.2) is 13.7 Å². The minimum Gasteiger partial charge on any atom is -0.493 e. The smallest absolute Gasteiger partial charge is 0.282 e. The lowest BCUT2D eigenvalue weighted by atomic mass is 9.97. The summed E-state index contributed by atoms with van der Waals surface area (Å²) in [6.07, 6.45) is 0. The van der Waals surface area contributed by atoms with Crippen LogP contribution in [0.1, 0.15) is 16.7 Å². The molecule has 1 aliphatic rings. The van der Waals surface area contributed by atoms with E-state index in [1.54, 1.807) is 24.3 Å². The maximum atomic E-state index is 14.6. The monoisotopic (exact) mass is 464 g/mol. The zero-order valence-corrected chi connectivity index (χ0v) is 19.0. The van der Waals surface area contributed by atoms with E-state index >= 15 is 0 Å². The molecule has 1 aliphatic heterocycles. The third-order valence-electron chi connectivity index (χ3n) is 5.54. The lowest BCUT2D eigenvalue weighted by molar-refractivity contribution is -0.120. The van der Waals surface area contributed by atoms with Gasteiger partial charge < -0.3 is 14.8 Å². The first-order valence-corrected chi connectivity index (χ1v) is 10.4. The molecule has 4 rings (SSSR count). The van der Waals surface area contributed by atoms with E-state index in [1.807, 2.05) is 26.0 Å². The van der Waals surface area contributed by atoms with Gasteiger partial charge in [-0.05, 0) is 49.2 Å². The highest BCUT2D eigenvalue weighted by Gasteiger charge is 2.42. The summed E-state index contributed by atoms with van der Waals surface area (Å²) in [5.74, 6) is -2.41. The Bertz CT molecular complexity index is 1350. The fourth-order valence-electron chi connectivity index (χ4n) is 3.93. The van der Waals surface area contributed by atoms with Crippen LogP contribution in [0, 0.1) is 25.5 Å². The molecular weight excluding hydrogens is 442 g/mol. The van der Waals surface area contributed by atoms with Crippen LogP contribution in [-0.2, 0) is 9.59 Å². The number of amides is 2. The zero-order chi connectivity index (χ0) is 24.6. The lowest BCUT2D eigenvalue weighted by Crippen LogP contribution is -2.33. The van der Waals surface area contributed by atoms with Gasteiger partial charge in [-0.1, -0.05) is 23.8 Å². The van der Waals surface area contributed by atoms with Crippen LogP contribution >= 0.6 is 0 Å². The van der Waals surface area contributed by atoms with Crippen molar-refractivity contribution in [3.8, 4) is 11.5 Å². The number of aryl methyl sites for hydroxylation is 2. The van der Waals surface area contributed by atoms with E-state index in [9.17, 15) is 18.4 Å². The molecule has 0 aromatic heterocycles. The average molecular weight is 464 g/mol. The molecule has 0 spiro atoms. The van der Waals surface area contributed by atoms with Crippen LogP contribution in [-0.4, -0.2) is 26.0 Å². The quantitative estimate of drug-likeness (QED) is 0.521. The second-order valence-corrected chi connectivity index (χ2v) is 7.80. The predicted octanol–water partition coefficient (Wildman–Crippen LogP) is 5.00. The van der Waals surface area contributed by atoms with Gasteiger partial charge in [0.25, 0.3) is 11.8 Å². The number of rotatable bonds is 6. The van der Waals surface area contributed by atoms with Crippen molar-refractivity contribution in [1.29, 1.82) is 0 Å². The van der Waals surface area contributed by atoms with Crippen LogP contribution < -0.4 is 19.7 Å². The van der Waals surface area contributed by atoms with Crippen molar-refractivity contribution >= 4 is 28.8 Å². The van der Waals surface area contributed by atoms with E-state index in [0.717, 1.165) is 23.3 Å². The maximum Gasteiger partial charge on any atom is 0.282 e. The largest absolute Gasteiger partial charge is 0.493 e. The van der Waals surface area contributed by atoms with Crippen molar-refractivity contribution in [3.05, 3.63) is 88.6 Å². The Morgan fingerprint density at radius 1 is 0.824 bits per heavy atom. The lowest BCUT2D eigenvalue weighted by Gasteiger charge is -2.16. The topological polar surface area (TPSA) is 67.9 Å². The second kappa shape index (κ2) is 8.97. The Morgan fingerprint density at radius 2 is 1.56 bits per heavy atom. The van der Waals surface area contributed by atoms with Crippen molar-refractivity contribution in [2.75, 3.05) is 24.4 Å². The number of carbonyl (C=O) groups excluding carboxylic acids is 2. The first-order valence-electron chi connectivity index (χ1n) is 10.4. The molecule has 3 aromatic carbocycles. The van der Waals surface area contributed by atoms with Crippen LogP contribution in [0.4, 0.5) is 20.2 Å². The summed E-state index contributed by atoms with van der Waals surface area (Å²) in [5, 5.41) is 3.00. The molecule has 8 heteroatoms. The molecule has 3 aromatic rings. The molecular formula is C26H22F2N2O4. The molecule has 34 heavy (non-hydrogen) atoms. The number of nitrogens with one attached hydrogen (secondary N) is 1. The summed E-state index contributed by atoms with van der Waals surface area (Å²) in [5.41, 5.74) is 2.45. The van der Waals surface area contributed by atoms with E-state index in [-0.39, 0.29) is 17.0 Å². The highest BCUT2D eigenvalue weighted by atomic mass is 19.1. The van der Waals surface area contributed by atoms with E-state index < -0.39 is 23.4 Å². The molecule has 0 saturated heterocycles. The number of carbonyl (C=O) groups is 2. The highest BCUT2D eigenvalue weighted by Crippen LogP contribution is 2.37. The summed E-state index contributed by atoms with van der Waals surface area (Å²) in [6.45, 7) is 3.73. The number of ether oxygens (including phenoxy) is 2. The van der Waals surface area contributed by atoms with Crippen LogP contribution in [0.2, 0.25) is 0 Å². The van der Waals surface area contributed by atoms with Crippen LogP contribution in [0.3, 0.4) is 0 Å². The molecule has 0 radical (unpaired) electrons. The van der Waals surface area contributed by atoms with Crippen molar-refractivity contribution in [3.63, 3.8) is 0 Å². The molecule has 6 nitrogen and oxygen atoms in total. The number of imide groups is 1. The molecule has 1 heterocycles. The fourth-order valence-corrected chi connectivity index (χ4v) is 3.93. The number of methoxy groups -OCH3 is 2. The molecule has 2 amide bonds. The number of hydrogen-bond acceptors (Lipinski definition) is 5. The Labute approximate surface area is 195 Å². The first kappa shape index (κ1) is 23.0. The van der Waals surface area contributed by atoms with Crippen molar-refractivity contribution in [1.82, 2.24) is 0 Å². The molecule has 0 bridgehead atoms. The highest BCUT2D eigenvalue weighted by molar-refractivity contribution is 6.46. The predicted molar refractivity (Wildman–Crippen MR) is 125 cm³/mol. The van der Waals surface area contributed by atoms with Crippen LogP contribution in [0.25, 0.3) is 5.57 Å². The van der Waals surface area contributed by atoms with E-state index in [2.05, 4.69) is 5.32 Å². The number of benzene rings is 3. The molecule has 0 aliphatic carbocycles. The van der Waals surface area contributed by atoms with E-state index in [0.29, 0.717) is 33.7 Å². The van der Waals surface area contributed by atoms with Crippen LogP contribution in [0.15, 0.2) is 60.3 Å². The Balaban J connectivity index is 1.86. The van der Waals surface area contributed by atoms with Gasteiger partial charge >= 0.3 is 0 Å². The Hall–Kier alpha value is -4.20. The number of anilines is 2. The van der Waals surface area contributed by atoms with Crippen molar-refractivity contribution < 1.29 is 27.8 Å². The molecule has 174 valence electrons. The number of halogens is 2. The summed E-state index contributed by atoms with van der Waals surface area (Å²) in [4.78, 5) is 27.7. The normalized spacial score (nSPS) is 13.5. The number of nitrogens with zero attached hydrogens (tertiary/aromatic N) is 1. The Kier molecular flexibility index (Phi) is 6.06. The standard InChI is InChI=1S/C26H22F2N2O4/c1-14-5-8-18(15(2)11-14)23-24(29-17-7-10-21(33-3)22(13-17)34-4)26(32)30(25(23)31)20-9-6-16(27)12-19(20)28/h5-13,29H,1-4H3. The van der Waals surface area contributed by atoms with Gasteiger partial charge in [0.2, 0.25) is 0 Å². The third kappa shape index (κ3) is 3.98. The average Bonchev–Trinajstić information content (AvgIpc) is 3.03. The SMILES string of the molecule is COc1ccc(NC2=C(c3ccc(C)cc3C)C(=O)N(c3ccc(F)cc3F)C2=O)cc1OC. The van der Waals surface area contributed by atoms with Gasteiger partial charge in [-0.3, -0.25) is 9.59 Å². The fraction of sp³-hybridized carbons (Fsp3) is 0.154. The summed E-state index contributed by atoms with van der Waals surface area (Å²) < 4.78 is 38.6. The van der Waals surface area contributed by atoms with Gasteiger partial charge in [0.15, 0.2) is 11.5 Å². The van der Waals surface area contributed by atoms with Crippen molar-refractivity contribution in [2.24, 2.45) is 0 Å². The molecule has 0 atom stereocenters. The summed E-state index contributed by atoms with van der Waals surface area (Å²) in [6, 6.07) is 13.1.